The molecule has 3 saturated heterocycles. The number of para-hydroxylation sites is 1. The van der Waals surface area contributed by atoms with Crippen LogP contribution < -0.4 is 4.74 Å². The van der Waals surface area contributed by atoms with Gasteiger partial charge in [0.05, 0.1) is 30.7 Å². The van der Waals surface area contributed by atoms with Crippen LogP contribution in [0.5, 0.6) is 5.75 Å². The van der Waals surface area contributed by atoms with Gasteiger partial charge in [0.2, 0.25) is 5.91 Å². The molecule has 170 valence electrons. The van der Waals surface area contributed by atoms with Gasteiger partial charge in [-0.1, -0.05) is 12.1 Å². The van der Waals surface area contributed by atoms with Crippen molar-refractivity contribution >= 4 is 11.8 Å². The summed E-state index contributed by atoms with van der Waals surface area (Å²) < 4.78 is 41.3. The van der Waals surface area contributed by atoms with Gasteiger partial charge in [-0.3, -0.25) is 9.59 Å². The third kappa shape index (κ3) is 4.98. The Hall–Kier alpha value is -2.26. The van der Waals surface area contributed by atoms with E-state index < -0.39 is 12.5 Å². The van der Waals surface area contributed by atoms with Gasteiger partial charge in [0.1, 0.15) is 5.75 Å². The Morgan fingerprint density at radius 2 is 1.81 bits per heavy atom. The van der Waals surface area contributed by atoms with E-state index in [1.807, 2.05) is 4.90 Å². The summed E-state index contributed by atoms with van der Waals surface area (Å²) in [6, 6.07) is 5.88. The van der Waals surface area contributed by atoms with Crippen LogP contribution in [0.15, 0.2) is 24.3 Å². The van der Waals surface area contributed by atoms with Crippen LogP contribution >= 0.6 is 0 Å². The molecule has 3 aliphatic heterocycles. The summed E-state index contributed by atoms with van der Waals surface area (Å²) in [5.74, 6) is -0.865. The lowest BCUT2D eigenvalue weighted by Gasteiger charge is -2.41. The van der Waals surface area contributed by atoms with Crippen LogP contribution in [0.3, 0.4) is 0 Å². The van der Waals surface area contributed by atoms with E-state index in [0.717, 1.165) is 19.3 Å². The third-order valence-electron chi connectivity index (χ3n) is 6.19. The lowest BCUT2D eigenvalue weighted by atomic mass is 9.93. The quantitative estimate of drug-likeness (QED) is 0.707. The molecule has 0 radical (unpaired) electrons. The number of benzene rings is 1. The fraction of sp³-hybridized carbons (Fsp3) is 0.636. The predicted molar refractivity (Wildman–Crippen MR) is 107 cm³/mol. The van der Waals surface area contributed by atoms with Crippen molar-refractivity contribution in [2.75, 3.05) is 32.8 Å². The first-order valence-electron chi connectivity index (χ1n) is 10.9. The second kappa shape index (κ2) is 9.91. The molecule has 4 rings (SSSR count). The third-order valence-corrected chi connectivity index (χ3v) is 6.19. The summed E-state index contributed by atoms with van der Waals surface area (Å²) in [4.78, 5) is 29.9. The van der Waals surface area contributed by atoms with Gasteiger partial charge in [0.15, 0.2) is 6.29 Å². The van der Waals surface area contributed by atoms with E-state index in [2.05, 4.69) is 4.74 Å². The molecule has 1 aromatic carbocycles. The molecule has 31 heavy (non-hydrogen) atoms. The maximum Gasteiger partial charge on any atom is 0.387 e. The maximum absolute atomic E-state index is 13.4. The number of carbonyl (C=O) groups is 2. The van der Waals surface area contributed by atoms with Gasteiger partial charge < -0.3 is 24.0 Å². The van der Waals surface area contributed by atoms with E-state index in [1.165, 1.54) is 12.1 Å². The minimum absolute atomic E-state index is 0.0124. The largest absolute Gasteiger partial charge is 0.434 e. The standard InChI is InChI=1S/C22H28F2N2O5/c23-22(24)31-18-9-2-1-7-16(18)20(28)25-10-5-6-15(14-25)19(27)26-11-4-3-8-17(26)21-29-12-13-30-21/h1-2,7,9,15,17,21-22H,3-6,8,10-14H2. The number of piperidine rings is 2. The molecule has 2 atom stereocenters. The average molecular weight is 438 g/mol. The highest BCUT2D eigenvalue weighted by molar-refractivity contribution is 5.97. The van der Waals surface area contributed by atoms with E-state index in [9.17, 15) is 18.4 Å². The Kier molecular flexibility index (Phi) is 7.02. The van der Waals surface area contributed by atoms with Gasteiger partial charge in [0, 0.05) is 19.6 Å². The number of alkyl halides is 2. The molecule has 0 spiro atoms. The molecule has 0 aromatic heterocycles. The van der Waals surface area contributed by atoms with E-state index in [-0.39, 0.29) is 42.0 Å². The van der Waals surface area contributed by atoms with Crippen LogP contribution in [-0.4, -0.2) is 73.4 Å². The SMILES string of the molecule is O=C(c1ccccc1OC(F)F)N1CCCC(C(=O)N2CCCCC2C2OCCO2)C1. The molecular weight excluding hydrogens is 410 g/mol. The van der Waals surface area contributed by atoms with Crippen molar-refractivity contribution in [3.8, 4) is 5.75 Å². The highest BCUT2D eigenvalue weighted by atomic mass is 19.3. The number of hydrogen-bond acceptors (Lipinski definition) is 5. The summed E-state index contributed by atoms with van der Waals surface area (Å²) >= 11 is 0. The molecule has 1 aromatic rings. The van der Waals surface area contributed by atoms with Crippen molar-refractivity contribution in [2.45, 2.75) is 51.0 Å². The number of halogens is 2. The number of nitrogens with zero attached hydrogens (tertiary/aromatic N) is 2. The molecule has 9 heteroatoms. The molecular formula is C22H28F2N2O5. The summed E-state index contributed by atoms with van der Waals surface area (Å²) in [5.41, 5.74) is 0.0829. The smallest absolute Gasteiger partial charge is 0.387 e. The van der Waals surface area contributed by atoms with Crippen molar-refractivity contribution in [3.63, 3.8) is 0 Å². The van der Waals surface area contributed by atoms with Crippen molar-refractivity contribution < 1.29 is 32.6 Å². The first kappa shape index (κ1) is 22.0. The highest BCUT2D eigenvalue weighted by Gasteiger charge is 2.40. The molecule has 7 nitrogen and oxygen atoms in total. The van der Waals surface area contributed by atoms with Gasteiger partial charge in [-0.25, -0.2) is 0 Å². The molecule has 0 aliphatic carbocycles. The van der Waals surface area contributed by atoms with Crippen molar-refractivity contribution in [3.05, 3.63) is 29.8 Å². The molecule has 2 amide bonds. The van der Waals surface area contributed by atoms with E-state index in [4.69, 9.17) is 9.47 Å². The topological polar surface area (TPSA) is 68.3 Å². The van der Waals surface area contributed by atoms with Crippen molar-refractivity contribution in [1.29, 1.82) is 0 Å². The van der Waals surface area contributed by atoms with Crippen LogP contribution in [0.2, 0.25) is 0 Å². The number of hydrogen-bond donors (Lipinski definition) is 0. The highest BCUT2D eigenvalue weighted by Crippen LogP contribution is 2.30. The van der Waals surface area contributed by atoms with Gasteiger partial charge >= 0.3 is 6.61 Å². The summed E-state index contributed by atoms with van der Waals surface area (Å²) in [6.45, 7) is -0.549. The summed E-state index contributed by atoms with van der Waals surface area (Å²) in [5, 5.41) is 0. The molecule has 0 saturated carbocycles. The van der Waals surface area contributed by atoms with Crippen LogP contribution in [0.25, 0.3) is 0 Å². The van der Waals surface area contributed by atoms with Crippen LogP contribution in [0, 0.1) is 5.92 Å². The van der Waals surface area contributed by atoms with E-state index in [0.29, 0.717) is 39.1 Å². The van der Waals surface area contributed by atoms with Crippen LogP contribution in [0.1, 0.15) is 42.5 Å². The number of likely N-dealkylation sites (tertiary alicyclic amines) is 2. The number of amides is 2. The number of ether oxygens (including phenoxy) is 3. The second-order valence-electron chi connectivity index (χ2n) is 8.17. The minimum atomic E-state index is -3.01. The van der Waals surface area contributed by atoms with Crippen molar-refractivity contribution in [2.24, 2.45) is 5.92 Å². The van der Waals surface area contributed by atoms with Crippen molar-refractivity contribution in [1.82, 2.24) is 9.80 Å². The molecule has 3 heterocycles. The zero-order chi connectivity index (χ0) is 21.8. The predicted octanol–water partition coefficient (Wildman–Crippen LogP) is 2.89. The van der Waals surface area contributed by atoms with Gasteiger partial charge in [-0.15, -0.1) is 0 Å². The van der Waals surface area contributed by atoms with E-state index >= 15 is 0 Å². The van der Waals surface area contributed by atoms with Gasteiger partial charge in [0.25, 0.3) is 5.91 Å². The van der Waals surface area contributed by atoms with E-state index in [1.54, 1.807) is 17.0 Å². The monoisotopic (exact) mass is 438 g/mol. The minimum Gasteiger partial charge on any atom is -0.434 e. The zero-order valence-corrected chi connectivity index (χ0v) is 17.4. The molecule has 2 unspecified atom stereocenters. The fourth-order valence-corrected chi connectivity index (χ4v) is 4.72. The van der Waals surface area contributed by atoms with Gasteiger partial charge in [-0.05, 0) is 44.2 Å². The Morgan fingerprint density at radius 1 is 1.03 bits per heavy atom. The summed E-state index contributed by atoms with van der Waals surface area (Å²) in [7, 11) is 0. The molecule has 3 fully saturated rings. The molecule has 3 aliphatic rings. The van der Waals surface area contributed by atoms with Crippen LogP contribution in [-0.2, 0) is 14.3 Å². The van der Waals surface area contributed by atoms with Crippen LogP contribution in [0.4, 0.5) is 8.78 Å². The Labute approximate surface area is 180 Å². The Morgan fingerprint density at radius 3 is 2.58 bits per heavy atom. The lowest BCUT2D eigenvalue weighted by molar-refractivity contribution is -0.155. The number of carbonyl (C=O) groups excluding carboxylic acids is 2. The molecule has 0 bridgehead atoms. The normalized spacial score (nSPS) is 25.1. The molecule has 0 N–H and O–H groups in total. The summed E-state index contributed by atoms with van der Waals surface area (Å²) in [6.07, 6.45) is 3.77. The lowest BCUT2D eigenvalue weighted by Crippen LogP contribution is -2.54. The average Bonchev–Trinajstić information content (AvgIpc) is 3.33. The Bertz CT molecular complexity index is 787. The first-order chi connectivity index (χ1) is 15.0. The first-order valence-corrected chi connectivity index (χ1v) is 10.9. The maximum atomic E-state index is 13.4. The number of rotatable bonds is 5. The van der Waals surface area contributed by atoms with Gasteiger partial charge in [-0.2, -0.15) is 8.78 Å². The Balaban J connectivity index is 1.45. The fourth-order valence-electron chi connectivity index (χ4n) is 4.72. The second-order valence-corrected chi connectivity index (χ2v) is 8.17. The zero-order valence-electron chi connectivity index (χ0n) is 17.4.